The third-order valence-corrected chi connectivity index (χ3v) is 4.16. The standard InChI is InChI=1S/C8H10BrClN2O2S/c1-5(2)15(13,14)12-7-3-6(9)4-11-8(7)10/h3-5,12H,1-2H3. The Morgan fingerprint density at radius 3 is 2.67 bits per heavy atom. The first-order valence-electron chi connectivity index (χ1n) is 4.15. The molecule has 0 aromatic carbocycles. The van der Waals surface area contributed by atoms with E-state index >= 15 is 0 Å². The minimum absolute atomic E-state index is 0.127. The van der Waals surface area contributed by atoms with Gasteiger partial charge in [-0.3, -0.25) is 4.72 Å². The molecule has 0 saturated carbocycles. The van der Waals surface area contributed by atoms with Gasteiger partial charge in [0.25, 0.3) is 0 Å². The maximum atomic E-state index is 11.6. The SMILES string of the molecule is CC(C)S(=O)(=O)Nc1cc(Br)cnc1Cl. The maximum Gasteiger partial charge on any atom is 0.235 e. The van der Waals surface area contributed by atoms with Crippen molar-refractivity contribution in [3.63, 3.8) is 0 Å². The van der Waals surface area contributed by atoms with E-state index in [9.17, 15) is 8.42 Å². The highest BCUT2D eigenvalue weighted by Crippen LogP contribution is 2.24. The fourth-order valence-corrected chi connectivity index (χ4v) is 2.00. The minimum Gasteiger partial charge on any atom is -0.280 e. The van der Waals surface area contributed by atoms with Gasteiger partial charge in [0.1, 0.15) is 0 Å². The summed E-state index contributed by atoms with van der Waals surface area (Å²) in [5.74, 6) is 0. The Bertz CT molecular complexity index is 462. The molecule has 1 N–H and O–H groups in total. The topological polar surface area (TPSA) is 59.1 Å². The summed E-state index contributed by atoms with van der Waals surface area (Å²) in [4.78, 5) is 3.81. The Labute approximate surface area is 102 Å². The van der Waals surface area contributed by atoms with Crippen molar-refractivity contribution in [1.82, 2.24) is 4.98 Å². The van der Waals surface area contributed by atoms with Crippen molar-refractivity contribution < 1.29 is 8.42 Å². The van der Waals surface area contributed by atoms with Crippen LogP contribution in [0.15, 0.2) is 16.7 Å². The van der Waals surface area contributed by atoms with E-state index in [0.29, 0.717) is 4.47 Å². The lowest BCUT2D eigenvalue weighted by Gasteiger charge is -2.11. The molecule has 0 aliphatic heterocycles. The molecule has 0 atom stereocenters. The summed E-state index contributed by atoms with van der Waals surface area (Å²) < 4.78 is 26.1. The Balaban J connectivity index is 3.05. The summed E-state index contributed by atoms with van der Waals surface area (Å²) in [7, 11) is -3.39. The second kappa shape index (κ2) is 4.67. The summed E-state index contributed by atoms with van der Waals surface area (Å²) in [6.45, 7) is 3.17. The van der Waals surface area contributed by atoms with E-state index in [2.05, 4.69) is 25.6 Å². The lowest BCUT2D eigenvalue weighted by molar-refractivity contribution is 0.592. The van der Waals surface area contributed by atoms with Gasteiger partial charge < -0.3 is 0 Å². The zero-order valence-electron chi connectivity index (χ0n) is 8.16. The maximum absolute atomic E-state index is 11.6. The second-order valence-corrected chi connectivity index (χ2v) is 6.70. The van der Waals surface area contributed by atoms with Crippen LogP contribution in [0.25, 0.3) is 0 Å². The molecule has 1 rings (SSSR count). The Morgan fingerprint density at radius 2 is 2.13 bits per heavy atom. The van der Waals surface area contributed by atoms with Crippen molar-refractivity contribution in [1.29, 1.82) is 0 Å². The van der Waals surface area contributed by atoms with Crippen molar-refractivity contribution in [3.8, 4) is 0 Å². The first-order chi connectivity index (χ1) is 6.83. The van der Waals surface area contributed by atoms with E-state index in [0.717, 1.165) is 0 Å². The van der Waals surface area contributed by atoms with Crippen LogP contribution in [0.2, 0.25) is 5.15 Å². The minimum atomic E-state index is -3.39. The molecule has 0 fully saturated rings. The third-order valence-electron chi connectivity index (χ3n) is 1.68. The van der Waals surface area contributed by atoms with Gasteiger partial charge in [-0.15, -0.1) is 0 Å². The Kier molecular flexibility index (Phi) is 3.97. The zero-order chi connectivity index (χ0) is 11.6. The fourth-order valence-electron chi connectivity index (χ4n) is 0.765. The smallest absolute Gasteiger partial charge is 0.235 e. The fraction of sp³-hybridized carbons (Fsp3) is 0.375. The molecule has 0 aliphatic carbocycles. The van der Waals surface area contributed by atoms with Crippen LogP contribution in [-0.2, 0) is 10.0 Å². The lowest BCUT2D eigenvalue weighted by atomic mass is 10.4. The highest BCUT2D eigenvalue weighted by Gasteiger charge is 2.17. The number of rotatable bonds is 3. The molecular weight excluding hydrogens is 304 g/mol. The van der Waals surface area contributed by atoms with E-state index in [1.54, 1.807) is 19.9 Å². The van der Waals surface area contributed by atoms with E-state index in [-0.39, 0.29) is 10.8 Å². The van der Waals surface area contributed by atoms with Gasteiger partial charge in [-0.25, -0.2) is 13.4 Å². The van der Waals surface area contributed by atoms with Crippen molar-refractivity contribution in [2.24, 2.45) is 0 Å². The Hall–Kier alpha value is -0.330. The average molecular weight is 314 g/mol. The number of halogens is 2. The second-order valence-electron chi connectivity index (χ2n) is 3.19. The summed E-state index contributed by atoms with van der Waals surface area (Å²) >= 11 is 8.93. The number of anilines is 1. The predicted octanol–water partition coefficient (Wildman–Crippen LogP) is 2.65. The molecule has 1 aromatic rings. The lowest BCUT2D eigenvalue weighted by Crippen LogP contribution is -2.22. The summed E-state index contributed by atoms with van der Waals surface area (Å²) in [6, 6.07) is 1.56. The van der Waals surface area contributed by atoms with Gasteiger partial charge in [0, 0.05) is 10.7 Å². The van der Waals surface area contributed by atoms with Crippen LogP contribution in [0.1, 0.15) is 13.8 Å². The quantitative estimate of drug-likeness (QED) is 0.873. The average Bonchev–Trinajstić information content (AvgIpc) is 2.10. The first-order valence-corrected chi connectivity index (χ1v) is 6.87. The number of nitrogens with one attached hydrogen (secondary N) is 1. The normalized spacial score (nSPS) is 11.8. The molecular formula is C8H10BrClN2O2S. The van der Waals surface area contributed by atoms with Gasteiger partial charge in [0.2, 0.25) is 10.0 Å². The Morgan fingerprint density at radius 1 is 1.53 bits per heavy atom. The molecule has 1 heterocycles. The zero-order valence-corrected chi connectivity index (χ0v) is 11.3. The molecule has 0 spiro atoms. The highest BCUT2D eigenvalue weighted by atomic mass is 79.9. The van der Waals surface area contributed by atoms with Crippen molar-refractivity contribution in [2.75, 3.05) is 4.72 Å². The molecule has 84 valence electrons. The molecule has 0 unspecified atom stereocenters. The number of hydrogen-bond acceptors (Lipinski definition) is 3. The van der Waals surface area contributed by atoms with Gasteiger partial charge in [0.05, 0.1) is 10.9 Å². The highest BCUT2D eigenvalue weighted by molar-refractivity contribution is 9.10. The molecule has 4 nitrogen and oxygen atoms in total. The number of aromatic nitrogens is 1. The van der Waals surface area contributed by atoms with Crippen LogP contribution in [0.4, 0.5) is 5.69 Å². The molecule has 0 amide bonds. The summed E-state index contributed by atoms with van der Waals surface area (Å²) in [5, 5.41) is -0.394. The molecule has 7 heteroatoms. The van der Waals surface area contributed by atoms with Gasteiger partial charge in [-0.2, -0.15) is 0 Å². The van der Waals surface area contributed by atoms with Crippen molar-refractivity contribution in [3.05, 3.63) is 21.9 Å². The number of nitrogens with zero attached hydrogens (tertiary/aromatic N) is 1. The van der Waals surface area contributed by atoms with E-state index in [4.69, 9.17) is 11.6 Å². The first kappa shape index (κ1) is 12.7. The van der Waals surface area contributed by atoms with Crippen molar-refractivity contribution in [2.45, 2.75) is 19.1 Å². The van der Waals surface area contributed by atoms with E-state index in [1.165, 1.54) is 6.20 Å². The van der Waals surface area contributed by atoms with Crippen molar-refractivity contribution >= 4 is 43.2 Å². The van der Waals surface area contributed by atoms with E-state index < -0.39 is 15.3 Å². The van der Waals surface area contributed by atoms with Crippen LogP contribution in [0, 0.1) is 0 Å². The van der Waals surface area contributed by atoms with Gasteiger partial charge in [-0.05, 0) is 35.8 Å². The molecule has 1 aromatic heterocycles. The van der Waals surface area contributed by atoms with Crippen LogP contribution < -0.4 is 4.72 Å². The van der Waals surface area contributed by atoms with Gasteiger partial charge >= 0.3 is 0 Å². The third kappa shape index (κ3) is 3.32. The number of sulfonamides is 1. The summed E-state index contributed by atoms with van der Waals surface area (Å²) in [6.07, 6.45) is 1.50. The van der Waals surface area contributed by atoms with Crippen LogP contribution in [0.5, 0.6) is 0 Å². The van der Waals surface area contributed by atoms with E-state index in [1.807, 2.05) is 0 Å². The molecule has 0 aliphatic rings. The molecule has 0 radical (unpaired) electrons. The van der Waals surface area contributed by atoms with Crippen LogP contribution in [-0.4, -0.2) is 18.7 Å². The summed E-state index contributed by atoms with van der Waals surface area (Å²) in [5.41, 5.74) is 0.278. The molecule has 15 heavy (non-hydrogen) atoms. The van der Waals surface area contributed by atoms with Gasteiger partial charge in [-0.1, -0.05) is 11.6 Å². The largest absolute Gasteiger partial charge is 0.280 e. The number of hydrogen-bond donors (Lipinski definition) is 1. The van der Waals surface area contributed by atoms with Crippen LogP contribution in [0.3, 0.4) is 0 Å². The number of pyridine rings is 1. The predicted molar refractivity (Wildman–Crippen MR) is 64.6 cm³/mol. The van der Waals surface area contributed by atoms with Gasteiger partial charge in [0.15, 0.2) is 5.15 Å². The monoisotopic (exact) mass is 312 g/mol. The molecule has 0 saturated heterocycles. The molecule has 0 bridgehead atoms. The van der Waals surface area contributed by atoms with Crippen LogP contribution >= 0.6 is 27.5 Å².